The molecule has 134 valence electrons. The number of ether oxygens (including phenoxy) is 1. The number of aliphatic imine (C=N–C) groups is 1. The fraction of sp³-hybridized carbons (Fsp3) is 0.933. The van der Waals surface area contributed by atoms with E-state index in [1.807, 2.05) is 0 Å². The molecule has 0 fully saturated rings. The lowest BCUT2D eigenvalue weighted by molar-refractivity contribution is 0.180. The average molecular weight is 429 g/mol. The largest absolute Gasteiger partial charge is 0.385 e. The maximum atomic E-state index is 5.05. The van der Waals surface area contributed by atoms with Crippen LogP contribution in [-0.4, -0.2) is 76.9 Å². The highest BCUT2D eigenvalue weighted by atomic mass is 127. The van der Waals surface area contributed by atoms with Crippen LogP contribution in [0.5, 0.6) is 0 Å². The van der Waals surface area contributed by atoms with Crippen molar-refractivity contribution in [2.45, 2.75) is 32.7 Å². The normalized spacial score (nSPS) is 12.2. The second-order valence-electron chi connectivity index (χ2n) is 6.25. The summed E-state index contributed by atoms with van der Waals surface area (Å²) >= 11 is 0. The number of methoxy groups -OCH3 is 1. The smallest absolute Gasteiger partial charge is 0.191 e. The van der Waals surface area contributed by atoms with Crippen LogP contribution in [0.1, 0.15) is 27.2 Å². The van der Waals surface area contributed by atoms with Crippen LogP contribution in [0.2, 0.25) is 0 Å². The Balaban J connectivity index is 0. The Labute approximate surface area is 153 Å². The molecule has 0 unspecified atom stereocenters. The van der Waals surface area contributed by atoms with Gasteiger partial charge in [0.2, 0.25) is 0 Å². The topological polar surface area (TPSA) is 60.9 Å². The quantitative estimate of drug-likeness (QED) is 0.210. The van der Waals surface area contributed by atoms with Crippen LogP contribution < -0.4 is 16.0 Å². The molecule has 3 N–H and O–H groups in total. The van der Waals surface area contributed by atoms with Gasteiger partial charge in [0.05, 0.1) is 0 Å². The van der Waals surface area contributed by atoms with E-state index in [2.05, 4.69) is 53.7 Å². The maximum absolute atomic E-state index is 5.05. The van der Waals surface area contributed by atoms with Gasteiger partial charge in [0.15, 0.2) is 5.96 Å². The summed E-state index contributed by atoms with van der Waals surface area (Å²) in [7, 11) is 5.67. The molecule has 0 aliphatic rings. The molecular formula is C15H36IN5O. The molecule has 0 amide bonds. The summed E-state index contributed by atoms with van der Waals surface area (Å²) in [5.74, 6) is 0.857. The molecule has 0 aliphatic heterocycles. The van der Waals surface area contributed by atoms with Crippen molar-refractivity contribution in [3.8, 4) is 0 Å². The first-order valence-corrected chi connectivity index (χ1v) is 7.76. The van der Waals surface area contributed by atoms with Crippen LogP contribution in [0.3, 0.4) is 0 Å². The van der Waals surface area contributed by atoms with Gasteiger partial charge in [0.1, 0.15) is 0 Å². The predicted molar refractivity (Wildman–Crippen MR) is 107 cm³/mol. The average Bonchev–Trinajstić information content (AvgIpc) is 2.40. The number of hydrogen-bond acceptors (Lipinski definition) is 4. The zero-order valence-corrected chi connectivity index (χ0v) is 17.5. The predicted octanol–water partition coefficient (Wildman–Crippen LogP) is 1.13. The molecule has 0 rings (SSSR count). The summed E-state index contributed by atoms with van der Waals surface area (Å²) in [5.41, 5.74) is 0.156. The zero-order valence-electron chi connectivity index (χ0n) is 15.2. The van der Waals surface area contributed by atoms with Gasteiger partial charge in [-0.05, 0) is 34.2 Å². The van der Waals surface area contributed by atoms with E-state index in [0.29, 0.717) is 0 Å². The first-order chi connectivity index (χ1) is 9.89. The van der Waals surface area contributed by atoms with Crippen LogP contribution >= 0.6 is 24.0 Å². The van der Waals surface area contributed by atoms with Crippen LogP contribution in [-0.2, 0) is 4.74 Å². The Hall–Kier alpha value is -0.120. The van der Waals surface area contributed by atoms with Crippen molar-refractivity contribution in [1.82, 2.24) is 20.9 Å². The molecule has 7 heteroatoms. The second-order valence-corrected chi connectivity index (χ2v) is 6.25. The van der Waals surface area contributed by atoms with Gasteiger partial charge >= 0.3 is 0 Å². The van der Waals surface area contributed by atoms with Crippen molar-refractivity contribution in [1.29, 1.82) is 0 Å². The van der Waals surface area contributed by atoms with Gasteiger partial charge in [-0.25, -0.2) is 0 Å². The standard InChI is InChI=1S/C15H35N5O.HI/c1-15(2,3)19-9-8-17-14(16-4)18-10-12-20(5)11-7-13-21-6;/h19H,7-13H2,1-6H3,(H2,16,17,18);1H. The molecule has 0 heterocycles. The minimum absolute atomic E-state index is 0. The molecule has 0 bridgehead atoms. The lowest BCUT2D eigenvalue weighted by atomic mass is 10.1. The fourth-order valence-corrected chi connectivity index (χ4v) is 1.79. The summed E-state index contributed by atoms with van der Waals surface area (Å²) in [6, 6.07) is 0. The van der Waals surface area contributed by atoms with Crippen molar-refractivity contribution in [3.05, 3.63) is 0 Å². The van der Waals surface area contributed by atoms with E-state index in [-0.39, 0.29) is 29.5 Å². The van der Waals surface area contributed by atoms with Gasteiger partial charge in [0.25, 0.3) is 0 Å². The van der Waals surface area contributed by atoms with Gasteiger partial charge in [0, 0.05) is 59.0 Å². The van der Waals surface area contributed by atoms with E-state index < -0.39 is 0 Å². The first kappa shape index (κ1) is 24.1. The summed E-state index contributed by atoms with van der Waals surface area (Å²) in [4.78, 5) is 6.51. The van der Waals surface area contributed by atoms with Crippen LogP contribution in [0.4, 0.5) is 0 Å². The summed E-state index contributed by atoms with van der Waals surface area (Å²) in [5, 5.41) is 10.1. The van der Waals surface area contributed by atoms with Crippen molar-refractivity contribution in [2.24, 2.45) is 4.99 Å². The van der Waals surface area contributed by atoms with E-state index in [4.69, 9.17) is 4.74 Å². The molecule has 6 nitrogen and oxygen atoms in total. The van der Waals surface area contributed by atoms with Gasteiger partial charge in [-0.3, -0.25) is 4.99 Å². The third-order valence-electron chi connectivity index (χ3n) is 2.97. The van der Waals surface area contributed by atoms with E-state index in [1.165, 1.54) is 0 Å². The fourth-order valence-electron chi connectivity index (χ4n) is 1.79. The minimum atomic E-state index is 0. The molecular weight excluding hydrogens is 393 g/mol. The second kappa shape index (κ2) is 14.5. The molecule has 0 aromatic carbocycles. The molecule has 0 aromatic heterocycles. The number of halogens is 1. The number of hydrogen-bond donors (Lipinski definition) is 3. The van der Waals surface area contributed by atoms with E-state index in [0.717, 1.165) is 51.7 Å². The number of likely N-dealkylation sites (N-methyl/N-ethyl adjacent to an activating group) is 1. The summed E-state index contributed by atoms with van der Waals surface area (Å²) in [6.45, 7) is 12.0. The van der Waals surface area contributed by atoms with Crippen molar-refractivity contribution in [2.75, 3.05) is 60.5 Å². The van der Waals surface area contributed by atoms with Crippen molar-refractivity contribution < 1.29 is 4.74 Å². The first-order valence-electron chi connectivity index (χ1n) is 7.76. The van der Waals surface area contributed by atoms with E-state index in [9.17, 15) is 0 Å². The van der Waals surface area contributed by atoms with Crippen molar-refractivity contribution in [3.63, 3.8) is 0 Å². The van der Waals surface area contributed by atoms with Crippen LogP contribution in [0, 0.1) is 0 Å². The molecule has 0 radical (unpaired) electrons. The molecule has 0 spiro atoms. The van der Waals surface area contributed by atoms with E-state index in [1.54, 1.807) is 14.2 Å². The lowest BCUT2D eigenvalue weighted by Gasteiger charge is -2.21. The Morgan fingerprint density at radius 1 is 1.09 bits per heavy atom. The van der Waals surface area contributed by atoms with Gasteiger partial charge in [-0.1, -0.05) is 0 Å². The number of guanidine groups is 1. The Bertz CT molecular complexity index is 282. The lowest BCUT2D eigenvalue weighted by Crippen LogP contribution is -2.45. The monoisotopic (exact) mass is 429 g/mol. The van der Waals surface area contributed by atoms with Gasteiger partial charge in [-0.2, -0.15) is 0 Å². The number of nitrogens with zero attached hydrogens (tertiary/aromatic N) is 2. The number of rotatable bonds is 10. The van der Waals surface area contributed by atoms with E-state index >= 15 is 0 Å². The molecule has 0 saturated heterocycles. The van der Waals surface area contributed by atoms with Crippen LogP contribution in [0.25, 0.3) is 0 Å². The minimum Gasteiger partial charge on any atom is -0.385 e. The SMILES string of the molecule is CN=C(NCCNC(C)(C)C)NCCN(C)CCCOC.I. The third-order valence-corrected chi connectivity index (χ3v) is 2.97. The van der Waals surface area contributed by atoms with Crippen LogP contribution in [0.15, 0.2) is 4.99 Å². The molecule has 0 saturated carbocycles. The summed E-state index contributed by atoms with van der Waals surface area (Å²) < 4.78 is 5.05. The Kier molecular flexibility index (Phi) is 15.9. The molecule has 22 heavy (non-hydrogen) atoms. The summed E-state index contributed by atoms with van der Waals surface area (Å²) in [6.07, 6.45) is 1.07. The molecule has 0 atom stereocenters. The number of nitrogens with one attached hydrogen (secondary N) is 3. The highest BCUT2D eigenvalue weighted by Gasteiger charge is 2.07. The zero-order chi connectivity index (χ0) is 16.1. The van der Waals surface area contributed by atoms with Gasteiger partial charge < -0.3 is 25.6 Å². The molecule has 0 aliphatic carbocycles. The molecule has 0 aromatic rings. The maximum Gasteiger partial charge on any atom is 0.191 e. The Morgan fingerprint density at radius 3 is 2.27 bits per heavy atom. The Morgan fingerprint density at radius 2 is 1.73 bits per heavy atom. The highest BCUT2D eigenvalue weighted by Crippen LogP contribution is 1.96. The van der Waals surface area contributed by atoms with Gasteiger partial charge in [-0.15, -0.1) is 24.0 Å². The van der Waals surface area contributed by atoms with Crippen molar-refractivity contribution >= 4 is 29.9 Å². The third kappa shape index (κ3) is 16.3. The highest BCUT2D eigenvalue weighted by molar-refractivity contribution is 14.0.